The minimum absolute atomic E-state index is 0.0960. The highest BCUT2D eigenvalue weighted by molar-refractivity contribution is 6.02. The molecule has 0 radical (unpaired) electrons. The first-order valence-corrected chi connectivity index (χ1v) is 6.02. The third-order valence-electron chi connectivity index (χ3n) is 3.99. The van der Waals surface area contributed by atoms with Crippen LogP contribution in [0.5, 0.6) is 5.75 Å². The zero-order valence-electron chi connectivity index (χ0n) is 9.30. The fourth-order valence-electron chi connectivity index (χ4n) is 3.24. The van der Waals surface area contributed by atoms with Gasteiger partial charge in [0.25, 0.3) is 0 Å². The summed E-state index contributed by atoms with van der Waals surface area (Å²) in [5.41, 5.74) is 2.01. The Morgan fingerprint density at radius 2 is 2.06 bits per heavy atom. The summed E-state index contributed by atoms with van der Waals surface area (Å²) >= 11 is 0. The second kappa shape index (κ2) is 3.10. The fourth-order valence-corrected chi connectivity index (χ4v) is 3.24. The van der Waals surface area contributed by atoms with Gasteiger partial charge in [-0.1, -0.05) is 30.4 Å². The van der Waals surface area contributed by atoms with Gasteiger partial charge in [0.1, 0.15) is 11.9 Å². The Bertz CT molecular complexity index is 568. The van der Waals surface area contributed by atoms with E-state index in [1.54, 1.807) is 0 Å². The van der Waals surface area contributed by atoms with Gasteiger partial charge in [0.05, 0.1) is 0 Å². The van der Waals surface area contributed by atoms with E-state index in [4.69, 9.17) is 4.74 Å². The number of hydrogen-bond acceptors (Lipinski definition) is 2. The van der Waals surface area contributed by atoms with E-state index in [0.29, 0.717) is 18.3 Å². The highest BCUT2D eigenvalue weighted by Crippen LogP contribution is 2.49. The molecule has 2 nitrogen and oxygen atoms in total. The number of fused-ring (bicyclic) bond motifs is 2. The van der Waals surface area contributed by atoms with Gasteiger partial charge in [-0.05, 0) is 12.1 Å². The molecule has 1 aromatic rings. The summed E-state index contributed by atoms with van der Waals surface area (Å²) in [7, 11) is 0. The van der Waals surface area contributed by atoms with E-state index >= 15 is 0 Å². The number of ether oxygens (including phenoxy) is 1. The number of carbonyl (C=O) groups is 1. The molecule has 3 aliphatic rings. The predicted molar refractivity (Wildman–Crippen MR) is 64.3 cm³/mol. The van der Waals surface area contributed by atoms with Crippen molar-refractivity contribution in [2.24, 2.45) is 5.92 Å². The third-order valence-corrected chi connectivity index (χ3v) is 3.99. The normalized spacial score (nSPS) is 32.0. The number of hydrogen-bond donors (Lipinski definition) is 0. The standard InChI is InChI=1S/C15H12O2/c16-12-8-11-9-4-1-2-6-13(9)17-14-7-3-5-10(12)15(11)14/h1-7,9,11,13H,8H2. The average molecular weight is 224 g/mol. The first-order chi connectivity index (χ1) is 8.34. The van der Waals surface area contributed by atoms with Crippen molar-refractivity contribution in [1.82, 2.24) is 0 Å². The van der Waals surface area contributed by atoms with Gasteiger partial charge in [0.15, 0.2) is 5.78 Å². The van der Waals surface area contributed by atoms with Crippen molar-refractivity contribution < 1.29 is 9.53 Å². The fraction of sp³-hybridized carbons (Fsp3) is 0.267. The molecule has 0 saturated heterocycles. The first-order valence-electron chi connectivity index (χ1n) is 6.02. The molecule has 3 atom stereocenters. The van der Waals surface area contributed by atoms with E-state index in [1.165, 1.54) is 0 Å². The number of allylic oxidation sites excluding steroid dienone is 2. The van der Waals surface area contributed by atoms with E-state index in [-0.39, 0.29) is 11.9 Å². The molecule has 1 aliphatic heterocycles. The molecule has 1 aromatic carbocycles. The molecule has 1 heterocycles. The van der Waals surface area contributed by atoms with Crippen molar-refractivity contribution in [3.63, 3.8) is 0 Å². The van der Waals surface area contributed by atoms with E-state index in [0.717, 1.165) is 16.9 Å². The maximum atomic E-state index is 12.0. The summed E-state index contributed by atoms with van der Waals surface area (Å²) in [4.78, 5) is 12.0. The van der Waals surface area contributed by atoms with Gasteiger partial charge in [-0.2, -0.15) is 0 Å². The van der Waals surface area contributed by atoms with Gasteiger partial charge < -0.3 is 4.74 Å². The molecule has 0 saturated carbocycles. The number of benzene rings is 1. The zero-order chi connectivity index (χ0) is 11.4. The van der Waals surface area contributed by atoms with E-state index in [1.807, 2.05) is 24.3 Å². The van der Waals surface area contributed by atoms with Crippen LogP contribution in [0.15, 0.2) is 42.5 Å². The molecule has 2 aliphatic carbocycles. The minimum Gasteiger partial charge on any atom is -0.485 e. The topological polar surface area (TPSA) is 26.3 Å². The quantitative estimate of drug-likeness (QED) is 0.677. The SMILES string of the molecule is O=C1CC2c3c(cccc31)OC1C=CC=CC12. The average Bonchev–Trinajstić information content (AvgIpc) is 2.70. The van der Waals surface area contributed by atoms with Gasteiger partial charge in [0, 0.05) is 29.4 Å². The summed E-state index contributed by atoms with van der Waals surface area (Å²) in [6.45, 7) is 0. The molecule has 0 amide bonds. The third kappa shape index (κ3) is 1.13. The lowest BCUT2D eigenvalue weighted by atomic mass is 9.79. The molecule has 0 bridgehead atoms. The molecule has 0 spiro atoms. The van der Waals surface area contributed by atoms with Crippen LogP contribution in [0.25, 0.3) is 0 Å². The summed E-state index contributed by atoms with van der Waals surface area (Å²) < 4.78 is 5.99. The monoisotopic (exact) mass is 224 g/mol. The van der Waals surface area contributed by atoms with Crippen LogP contribution in [0.2, 0.25) is 0 Å². The van der Waals surface area contributed by atoms with Crippen LogP contribution >= 0.6 is 0 Å². The van der Waals surface area contributed by atoms with Crippen LogP contribution < -0.4 is 4.74 Å². The second-order valence-corrected chi connectivity index (χ2v) is 4.88. The van der Waals surface area contributed by atoms with Crippen molar-refractivity contribution in [3.8, 4) is 5.75 Å². The minimum atomic E-state index is 0.0960. The van der Waals surface area contributed by atoms with E-state index < -0.39 is 0 Å². The lowest BCUT2D eigenvalue weighted by molar-refractivity contribution is 0.0971. The molecule has 2 heteroatoms. The van der Waals surface area contributed by atoms with Crippen molar-refractivity contribution >= 4 is 5.78 Å². The molecule has 84 valence electrons. The summed E-state index contributed by atoms with van der Waals surface area (Å²) in [5.74, 6) is 1.80. The molecule has 17 heavy (non-hydrogen) atoms. The van der Waals surface area contributed by atoms with Crippen molar-refractivity contribution in [1.29, 1.82) is 0 Å². The van der Waals surface area contributed by atoms with Crippen LogP contribution in [0.1, 0.15) is 28.3 Å². The highest BCUT2D eigenvalue weighted by Gasteiger charge is 2.43. The molecule has 3 unspecified atom stereocenters. The molecule has 0 aromatic heterocycles. The Balaban J connectivity index is 1.93. The van der Waals surface area contributed by atoms with Crippen LogP contribution in [0.3, 0.4) is 0 Å². The van der Waals surface area contributed by atoms with E-state index in [2.05, 4.69) is 18.2 Å². The summed E-state index contributed by atoms with van der Waals surface area (Å²) in [6, 6.07) is 5.82. The number of carbonyl (C=O) groups excluding carboxylic acids is 1. The zero-order valence-corrected chi connectivity index (χ0v) is 9.30. The Morgan fingerprint density at radius 1 is 1.18 bits per heavy atom. The summed E-state index contributed by atoms with van der Waals surface area (Å²) in [5, 5.41) is 0. The Labute approximate surface area is 99.6 Å². The van der Waals surface area contributed by atoms with Crippen molar-refractivity contribution in [2.45, 2.75) is 18.4 Å². The van der Waals surface area contributed by atoms with Gasteiger partial charge >= 0.3 is 0 Å². The predicted octanol–water partition coefficient (Wildman–Crippen LogP) is 2.86. The van der Waals surface area contributed by atoms with Crippen LogP contribution in [-0.2, 0) is 0 Å². The molecule has 0 N–H and O–H groups in total. The van der Waals surface area contributed by atoms with Gasteiger partial charge in [-0.25, -0.2) is 0 Å². The maximum absolute atomic E-state index is 12.0. The van der Waals surface area contributed by atoms with Crippen LogP contribution in [-0.4, -0.2) is 11.9 Å². The molecular weight excluding hydrogens is 212 g/mol. The first kappa shape index (κ1) is 9.23. The highest BCUT2D eigenvalue weighted by atomic mass is 16.5. The van der Waals surface area contributed by atoms with Gasteiger partial charge in [0.2, 0.25) is 0 Å². The Hall–Kier alpha value is -1.83. The number of Topliss-reactive ketones (excluding diaryl/α,β-unsaturated/α-hetero) is 1. The van der Waals surface area contributed by atoms with Crippen molar-refractivity contribution in [3.05, 3.63) is 53.6 Å². The van der Waals surface area contributed by atoms with Crippen LogP contribution in [0.4, 0.5) is 0 Å². The van der Waals surface area contributed by atoms with Crippen LogP contribution in [0, 0.1) is 5.92 Å². The molecule has 0 fully saturated rings. The largest absolute Gasteiger partial charge is 0.485 e. The smallest absolute Gasteiger partial charge is 0.163 e. The number of rotatable bonds is 0. The van der Waals surface area contributed by atoms with Crippen molar-refractivity contribution in [2.75, 3.05) is 0 Å². The van der Waals surface area contributed by atoms with Gasteiger partial charge in [-0.3, -0.25) is 4.79 Å². The summed E-state index contributed by atoms with van der Waals surface area (Å²) in [6.07, 6.45) is 9.07. The Kier molecular flexibility index (Phi) is 1.68. The molecule has 4 rings (SSSR count). The number of ketones is 1. The lowest BCUT2D eigenvalue weighted by Gasteiger charge is -2.35. The molecular formula is C15H12O2. The maximum Gasteiger partial charge on any atom is 0.163 e. The Morgan fingerprint density at radius 3 is 3.00 bits per heavy atom. The second-order valence-electron chi connectivity index (χ2n) is 4.88. The van der Waals surface area contributed by atoms with E-state index in [9.17, 15) is 4.79 Å². The lowest BCUT2D eigenvalue weighted by Crippen LogP contribution is -2.33. The van der Waals surface area contributed by atoms with Gasteiger partial charge in [-0.15, -0.1) is 0 Å².